The van der Waals surface area contributed by atoms with Gasteiger partial charge in [0.05, 0.1) is 12.8 Å². The minimum Gasteiger partial charge on any atom is -0.497 e. The van der Waals surface area contributed by atoms with Crippen LogP contribution in [0.1, 0.15) is 32.0 Å². The van der Waals surface area contributed by atoms with Crippen LogP contribution in [0.15, 0.2) is 24.4 Å². The molecule has 4 heteroatoms. The van der Waals surface area contributed by atoms with Gasteiger partial charge in [0, 0.05) is 30.8 Å². The molecule has 1 aromatic heterocycles. The molecular formula is C17H25N3O. The zero-order chi connectivity index (χ0) is 15.6. The van der Waals surface area contributed by atoms with Gasteiger partial charge in [0.2, 0.25) is 0 Å². The van der Waals surface area contributed by atoms with Gasteiger partial charge in [0.25, 0.3) is 0 Å². The van der Waals surface area contributed by atoms with E-state index in [2.05, 4.69) is 49.5 Å². The van der Waals surface area contributed by atoms with Crippen molar-refractivity contribution in [3.05, 3.63) is 35.7 Å². The Morgan fingerprint density at radius 3 is 2.52 bits per heavy atom. The van der Waals surface area contributed by atoms with E-state index in [0.717, 1.165) is 18.0 Å². The highest BCUT2D eigenvalue weighted by molar-refractivity contribution is 5.71. The van der Waals surface area contributed by atoms with Gasteiger partial charge in [-0.25, -0.2) is 0 Å². The predicted molar refractivity (Wildman–Crippen MR) is 86.7 cm³/mol. The van der Waals surface area contributed by atoms with E-state index in [9.17, 15) is 0 Å². The summed E-state index contributed by atoms with van der Waals surface area (Å²) in [5, 5.41) is 7.89. The van der Waals surface area contributed by atoms with Gasteiger partial charge >= 0.3 is 0 Å². The van der Waals surface area contributed by atoms with Gasteiger partial charge in [-0.1, -0.05) is 26.8 Å². The quantitative estimate of drug-likeness (QED) is 0.939. The summed E-state index contributed by atoms with van der Waals surface area (Å²) in [6, 6.07) is 6.22. The molecule has 4 nitrogen and oxygen atoms in total. The molecule has 0 spiro atoms. The van der Waals surface area contributed by atoms with Crippen molar-refractivity contribution in [3.8, 4) is 16.9 Å². The van der Waals surface area contributed by atoms with Crippen molar-refractivity contribution < 1.29 is 4.74 Å². The average Bonchev–Trinajstić information content (AvgIpc) is 2.81. The number of aromatic nitrogens is 2. The molecule has 1 N–H and O–H groups in total. The van der Waals surface area contributed by atoms with E-state index in [-0.39, 0.29) is 5.41 Å². The number of rotatable bonds is 4. The smallest absolute Gasteiger partial charge is 0.119 e. The van der Waals surface area contributed by atoms with E-state index in [1.165, 1.54) is 16.7 Å². The molecule has 0 aliphatic heterocycles. The number of nitrogens with one attached hydrogen (secondary N) is 1. The lowest BCUT2D eigenvalue weighted by atomic mass is 9.86. The van der Waals surface area contributed by atoms with Crippen molar-refractivity contribution >= 4 is 0 Å². The summed E-state index contributed by atoms with van der Waals surface area (Å²) < 4.78 is 7.24. The summed E-state index contributed by atoms with van der Waals surface area (Å²) >= 11 is 0. The van der Waals surface area contributed by atoms with Crippen molar-refractivity contribution in [2.45, 2.75) is 32.7 Å². The van der Waals surface area contributed by atoms with Gasteiger partial charge in [-0.15, -0.1) is 0 Å². The van der Waals surface area contributed by atoms with Crippen LogP contribution in [0.2, 0.25) is 0 Å². The maximum Gasteiger partial charge on any atom is 0.119 e. The normalized spacial score (nSPS) is 11.7. The summed E-state index contributed by atoms with van der Waals surface area (Å²) in [5.74, 6) is 0.880. The molecule has 114 valence electrons. The van der Waals surface area contributed by atoms with Crippen molar-refractivity contribution in [1.29, 1.82) is 0 Å². The molecule has 0 saturated carbocycles. The van der Waals surface area contributed by atoms with Gasteiger partial charge in [-0.05, 0) is 30.3 Å². The Balaban J connectivity index is 2.61. The molecule has 0 saturated heterocycles. The van der Waals surface area contributed by atoms with E-state index in [0.29, 0.717) is 0 Å². The van der Waals surface area contributed by atoms with Crippen LogP contribution in [0.4, 0.5) is 0 Å². The Bertz CT molecular complexity index is 623. The SMILES string of the molecule is CNCc1cc(OC)ccc1-c1cn(C)nc1C(C)(C)C. The molecule has 0 unspecified atom stereocenters. The Kier molecular flexibility index (Phi) is 4.37. The second-order valence-electron chi connectivity index (χ2n) is 6.37. The van der Waals surface area contributed by atoms with Crippen LogP contribution in [0.5, 0.6) is 5.75 Å². The first-order valence-corrected chi connectivity index (χ1v) is 7.23. The van der Waals surface area contributed by atoms with Crippen LogP contribution in [-0.4, -0.2) is 23.9 Å². The van der Waals surface area contributed by atoms with Gasteiger partial charge in [-0.2, -0.15) is 5.10 Å². The van der Waals surface area contributed by atoms with Gasteiger partial charge in [0.1, 0.15) is 5.75 Å². The largest absolute Gasteiger partial charge is 0.497 e. The molecule has 2 rings (SSSR count). The summed E-state index contributed by atoms with van der Waals surface area (Å²) in [4.78, 5) is 0. The number of methoxy groups -OCH3 is 1. The van der Waals surface area contributed by atoms with Crippen LogP contribution in [0.3, 0.4) is 0 Å². The zero-order valence-electron chi connectivity index (χ0n) is 13.8. The Hall–Kier alpha value is -1.81. The first-order chi connectivity index (χ1) is 9.86. The Labute approximate surface area is 127 Å². The highest BCUT2D eigenvalue weighted by Crippen LogP contribution is 2.35. The minimum absolute atomic E-state index is 0.00738. The number of hydrogen-bond acceptors (Lipinski definition) is 3. The standard InChI is InChI=1S/C17H25N3O/c1-17(2,3)16-15(11-20(5)19-16)14-8-7-13(21-6)9-12(14)10-18-4/h7-9,11,18H,10H2,1-6H3. The van der Waals surface area contributed by atoms with Crippen LogP contribution in [0, 0.1) is 0 Å². The van der Waals surface area contributed by atoms with E-state index >= 15 is 0 Å². The van der Waals surface area contributed by atoms with E-state index in [1.807, 2.05) is 24.8 Å². The Morgan fingerprint density at radius 2 is 1.95 bits per heavy atom. The monoisotopic (exact) mass is 287 g/mol. The lowest BCUT2D eigenvalue weighted by Gasteiger charge is -2.19. The number of hydrogen-bond donors (Lipinski definition) is 1. The molecule has 0 aliphatic carbocycles. The van der Waals surface area contributed by atoms with Crippen molar-refractivity contribution in [3.63, 3.8) is 0 Å². The molecular weight excluding hydrogens is 262 g/mol. The second-order valence-corrected chi connectivity index (χ2v) is 6.37. The molecule has 0 aliphatic rings. The van der Waals surface area contributed by atoms with Gasteiger partial charge in [-0.3, -0.25) is 4.68 Å². The van der Waals surface area contributed by atoms with Crippen LogP contribution >= 0.6 is 0 Å². The maximum atomic E-state index is 5.35. The lowest BCUT2D eigenvalue weighted by molar-refractivity contribution is 0.414. The van der Waals surface area contributed by atoms with Crippen molar-refractivity contribution in [1.82, 2.24) is 15.1 Å². The molecule has 0 fully saturated rings. The third-order valence-corrected chi connectivity index (χ3v) is 3.51. The fourth-order valence-electron chi connectivity index (χ4n) is 2.54. The molecule has 0 radical (unpaired) electrons. The number of aryl methyl sites for hydroxylation is 1. The van der Waals surface area contributed by atoms with E-state index in [4.69, 9.17) is 4.74 Å². The first-order valence-electron chi connectivity index (χ1n) is 7.23. The fourth-order valence-corrected chi connectivity index (χ4v) is 2.54. The summed E-state index contributed by atoms with van der Waals surface area (Å²) in [6.45, 7) is 7.38. The Morgan fingerprint density at radius 1 is 1.24 bits per heavy atom. The molecule has 0 amide bonds. The lowest BCUT2D eigenvalue weighted by Crippen LogP contribution is -2.14. The molecule has 0 bridgehead atoms. The summed E-state index contributed by atoms with van der Waals surface area (Å²) in [6.07, 6.45) is 2.10. The van der Waals surface area contributed by atoms with Crippen LogP contribution in [0.25, 0.3) is 11.1 Å². The first kappa shape index (κ1) is 15.6. The van der Waals surface area contributed by atoms with E-state index < -0.39 is 0 Å². The molecule has 1 aromatic carbocycles. The van der Waals surface area contributed by atoms with Crippen LogP contribution in [-0.2, 0) is 19.0 Å². The zero-order valence-corrected chi connectivity index (χ0v) is 13.8. The minimum atomic E-state index is 0.00738. The number of ether oxygens (including phenoxy) is 1. The maximum absolute atomic E-state index is 5.35. The molecule has 2 aromatic rings. The molecule has 21 heavy (non-hydrogen) atoms. The second kappa shape index (κ2) is 5.90. The van der Waals surface area contributed by atoms with E-state index in [1.54, 1.807) is 7.11 Å². The van der Waals surface area contributed by atoms with Gasteiger partial charge < -0.3 is 10.1 Å². The number of nitrogens with zero attached hydrogens (tertiary/aromatic N) is 2. The van der Waals surface area contributed by atoms with Crippen molar-refractivity contribution in [2.24, 2.45) is 7.05 Å². The molecule has 1 heterocycles. The predicted octanol–water partition coefficient (Wildman–Crippen LogP) is 3.11. The topological polar surface area (TPSA) is 39.1 Å². The fraction of sp³-hybridized carbons (Fsp3) is 0.471. The molecule has 0 atom stereocenters. The highest BCUT2D eigenvalue weighted by atomic mass is 16.5. The van der Waals surface area contributed by atoms with Crippen molar-refractivity contribution in [2.75, 3.05) is 14.2 Å². The highest BCUT2D eigenvalue weighted by Gasteiger charge is 2.24. The summed E-state index contributed by atoms with van der Waals surface area (Å²) in [5.41, 5.74) is 4.75. The number of benzene rings is 1. The van der Waals surface area contributed by atoms with Crippen LogP contribution < -0.4 is 10.1 Å². The third-order valence-electron chi connectivity index (χ3n) is 3.51. The summed E-state index contributed by atoms with van der Waals surface area (Å²) in [7, 11) is 5.62. The average molecular weight is 287 g/mol. The third kappa shape index (κ3) is 3.27. The van der Waals surface area contributed by atoms with Gasteiger partial charge in [0.15, 0.2) is 0 Å².